The van der Waals surface area contributed by atoms with Crippen LogP contribution in [0.25, 0.3) is 22.4 Å². The number of carbonyl (C=O) groups is 2. The van der Waals surface area contributed by atoms with Crippen molar-refractivity contribution in [2.24, 2.45) is 0 Å². The molecular weight excluding hydrogens is 446 g/mol. The summed E-state index contributed by atoms with van der Waals surface area (Å²) in [5, 5.41) is 12.1. The predicted molar refractivity (Wildman–Crippen MR) is 137 cm³/mol. The second-order valence-corrected chi connectivity index (χ2v) is 7.22. The molecule has 0 aliphatic carbocycles. The van der Waals surface area contributed by atoms with E-state index in [9.17, 15) is 14.7 Å². The molecule has 0 spiro atoms. The van der Waals surface area contributed by atoms with E-state index in [1.165, 1.54) is 6.07 Å². The number of imidazole rings is 1. The van der Waals surface area contributed by atoms with Crippen molar-refractivity contribution in [2.75, 3.05) is 18.5 Å². The van der Waals surface area contributed by atoms with Crippen molar-refractivity contribution in [3.63, 3.8) is 0 Å². The van der Waals surface area contributed by atoms with Crippen LogP contribution >= 0.6 is 0 Å². The van der Waals surface area contributed by atoms with Crippen molar-refractivity contribution >= 4 is 28.6 Å². The summed E-state index contributed by atoms with van der Waals surface area (Å²) in [4.78, 5) is 31.8. The van der Waals surface area contributed by atoms with Crippen LogP contribution in [0.4, 0.5) is 5.69 Å². The van der Waals surface area contributed by atoms with Crippen LogP contribution in [0.5, 0.6) is 11.5 Å². The first-order valence-corrected chi connectivity index (χ1v) is 11.5. The van der Waals surface area contributed by atoms with Crippen LogP contribution in [-0.4, -0.2) is 40.2 Å². The summed E-state index contributed by atoms with van der Waals surface area (Å²) in [5.41, 5.74) is 3.21. The van der Waals surface area contributed by atoms with Crippen LogP contribution < -0.4 is 14.8 Å². The Kier molecular flexibility index (Phi) is 8.45. The zero-order valence-electron chi connectivity index (χ0n) is 20.2. The van der Waals surface area contributed by atoms with Crippen LogP contribution in [0, 0.1) is 0 Å². The maximum absolute atomic E-state index is 12.9. The Morgan fingerprint density at radius 1 is 0.914 bits per heavy atom. The number of aromatic nitrogens is 2. The van der Waals surface area contributed by atoms with E-state index in [2.05, 4.69) is 15.3 Å². The fourth-order valence-electron chi connectivity index (χ4n) is 3.43. The number of nitrogens with zero attached hydrogens (tertiary/aromatic N) is 1. The molecule has 0 fully saturated rings. The molecule has 0 saturated heterocycles. The Balaban J connectivity index is 0.00000167. The molecule has 35 heavy (non-hydrogen) atoms. The number of hydrogen-bond donors (Lipinski definition) is 3. The van der Waals surface area contributed by atoms with Crippen molar-refractivity contribution in [3.05, 3.63) is 71.8 Å². The number of ether oxygens (including phenoxy) is 2. The molecule has 0 atom stereocenters. The van der Waals surface area contributed by atoms with Gasteiger partial charge in [0.15, 0.2) is 0 Å². The monoisotopic (exact) mass is 475 g/mol. The number of amides is 1. The Morgan fingerprint density at radius 3 is 2.23 bits per heavy atom. The molecule has 0 unspecified atom stereocenters. The van der Waals surface area contributed by atoms with E-state index >= 15 is 0 Å². The summed E-state index contributed by atoms with van der Waals surface area (Å²) in [6.45, 7) is 8.70. The van der Waals surface area contributed by atoms with Gasteiger partial charge in [-0.25, -0.2) is 9.78 Å². The Hall–Kier alpha value is -4.33. The smallest absolute Gasteiger partial charge is 0.335 e. The maximum Gasteiger partial charge on any atom is 0.335 e. The number of aromatic amines is 1. The van der Waals surface area contributed by atoms with Crippen LogP contribution in [0.2, 0.25) is 0 Å². The van der Waals surface area contributed by atoms with Crippen LogP contribution in [0.3, 0.4) is 0 Å². The fourth-order valence-corrected chi connectivity index (χ4v) is 3.43. The van der Waals surface area contributed by atoms with Gasteiger partial charge in [0.1, 0.15) is 17.3 Å². The van der Waals surface area contributed by atoms with Gasteiger partial charge in [0.25, 0.3) is 5.91 Å². The zero-order chi connectivity index (χ0) is 25.4. The van der Waals surface area contributed by atoms with Gasteiger partial charge in [0, 0.05) is 22.9 Å². The number of anilines is 1. The minimum Gasteiger partial charge on any atom is -0.494 e. The number of rotatable bonds is 8. The van der Waals surface area contributed by atoms with E-state index in [4.69, 9.17) is 9.47 Å². The number of hydrogen-bond acceptors (Lipinski definition) is 5. The average Bonchev–Trinajstić information content (AvgIpc) is 3.29. The molecule has 0 bridgehead atoms. The van der Waals surface area contributed by atoms with Gasteiger partial charge < -0.3 is 24.9 Å². The highest BCUT2D eigenvalue weighted by molar-refractivity contribution is 6.05. The van der Waals surface area contributed by atoms with Crippen LogP contribution in [-0.2, 0) is 0 Å². The standard InChI is InChI=1S/C25H23N3O5.C2H6/c1-3-32-19-11-17(12-20(14-19)33-4-2)24(29)26-18-7-5-6-15(10-18)23-27-21-9-8-16(25(30)31)13-22(21)28-23;1-2/h5-14H,3-4H2,1-2H3,(H,26,29)(H,27,28)(H,30,31);1-2H3. The molecule has 1 heterocycles. The molecule has 1 amide bonds. The summed E-state index contributed by atoms with van der Waals surface area (Å²) in [6.07, 6.45) is 0. The SMILES string of the molecule is CC.CCOc1cc(OCC)cc(C(=O)Nc2cccc(-c3nc4ccc(C(=O)O)cc4[nH]3)c2)c1. The number of fused-ring (bicyclic) bond motifs is 1. The van der Waals surface area contributed by atoms with E-state index in [0.29, 0.717) is 52.8 Å². The minimum absolute atomic E-state index is 0.180. The molecule has 3 N–H and O–H groups in total. The fraction of sp³-hybridized carbons (Fsp3) is 0.222. The third-order valence-corrected chi connectivity index (χ3v) is 4.89. The molecule has 4 rings (SSSR count). The highest BCUT2D eigenvalue weighted by Gasteiger charge is 2.13. The second-order valence-electron chi connectivity index (χ2n) is 7.22. The van der Waals surface area contributed by atoms with E-state index in [-0.39, 0.29) is 11.5 Å². The molecule has 0 radical (unpaired) electrons. The van der Waals surface area contributed by atoms with Gasteiger partial charge in [0.2, 0.25) is 0 Å². The topological polar surface area (TPSA) is 114 Å². The van der Waals surface area contributed by atoms with E-state index < -0.39 is 5.97 Å². The Labute approximate surface area is 203 Å². The van der Waals surface area contributed by atoms with E-state index in [0.717, 1.165) is 5.56 Å². The number of H-pyrrole nitrogens is 1. The van der Waals surface area contributed by atoms with Crippen molar-refractivity contribution < 1.29 is 24.2 Å². The normalized spacial score (nSPS) is 10.3. The van der Waals surface area contributed by atoms with Crippen LogP contribution in [0.1, 0.15) is 48.4 Å². The van der Waals surface area contributed by atoms with Crippen LogP contribution in [0.15, 0.2) is 60.7 Å². The maximum atomic E-state index is 12.9. The molecule has 8 heteroatoms. The number of carboxylic acid groups (broad SMARTS) is 1. The molecule has 8 nitrogen and oxygen atoms in total. The van der Waals surface area contributed by atoms with Crippen molar-refractivity contribution in [1.29, 1.82) is 0 Å². The Morgan fingerprint density at radius 2 is 1.60 bits per heavy atom. The van der Waals surface area contributed by atoms with Gasteiger partial charge in [-0.2, -0.15) is 0 Å². The average molecular weight is 476 g/mol. The quantitative estimate of drug-likeness (QED) is 0.288. The lowest BCUT2D eigenvalue weighted by Crippen LogP contribution is -2.12. The summed E-state index contributed by atoms with van der Waals surface area (Å²) in [6, 6.07) is 17.0. The largest absolute Gasteiger partial charge is 0.494 e. The number of carboxylic acids is 1. The highest BCUT2D eigenvalue weighted by atomic mass is 16.5. The predicted octanol–water partition coefficient (Wildman–Crippen LogP) is 6.00. The molecule has 0 saturated carbocycles. The Bertz CT molecular complexity index is 1310. The van der Waals surface area contributed by atoms with Crippen molar-refractivity contribution in [1.82, 2.24) is 9.97 Å². The first-order chi connectivity index (χ1) is 17.0. The van der Waals surface area contributed by atoms with Gasteiger partial charge in [-0.3, -0.25) is 4.79 Å². The summed E-state index contributed by atoms with van der Waals surface area (Å²) in [5.74, 6) is 0.389. The zero-order valence-corrected chi connectivity index (χ0v) is 20.2. The molecule has 4 aromatic rings. The highest BCUT2D eigenvalue weighted by Crippen LogP contribution is 2.26. The molecular formula is C27H29N3O5. The number of nitrogens with one attached hydrogen (secondary N) is 2. The number of carbonyl (C=O) groups excluding carboxylic acids is 1. The minimum atomic E-state index is -1.00. The third-order valence-electron chi connectivity index (χ3n) is 4.89. The molecule has 0 aliphatic heterocycles. The van der Waals surface area contributed by atoms with Gasteiger partial charge in [-0.15, -0.1) is 0 Å². The van der Waals surface area contributed by atoms with Gasteiger partial charge in [-0.1, -0.05) is 26.0 Å². The second kappa shape index (κ2) is 11.7. The summed E-state index contributed by atoms with van der Waals surface area (Å²) < 4.78 is 11.1. The van der Waals surface area contributed by atoms with E-state index in [1.54, 1.807) is 42.5 Å². The van der Waals surface area contributed by atoms with Crippen molar-refractivity contribution in [2.45, 2.75) is 27.7 Å². The molecule has 1 aromatic heterocycles. The third kappa shape index (κ3) is 6.17. The van der Waals surface area contributed by atoms with E-state index in [1.807, 2.05) is 39.8 Å². The first-order valence-electron chi connectivity index (χ1n) is 11.5. The lowest BCUT2D eigenvalue weighted by atomic mass is 10.1. The van der Waals surface area contributed by atoms with Crippen molar-refractivity contribution in [3.8, 4) is 22.9 Å². The lowest BCUT2D eigenvalue weighted by Gasteiger charge is -2.11. The van der Waals surface area contributed by atoms with Gasteiger partial charge in [0.05, 0.1) is 29.8 Å². The summed E-state index contributed by atoms with van der Waals surface area (Å²) >= 11 is 0. The molecule has 0 aliphatic rings. The lowest BCUT2D eigenvalue weighted by molar-refractivity contribution is 0.0696. The molecule has 182 valence electrons. The first kappa shape index (κ1) is 25.3. The summed E-state index contributed by atoms with van der Waals surface area (Å²) in [7, 11) is 0. The molecule has 3 aromatic carbocycles. The van der Waals surface area contributed by atoms with Gasteiger partial charge >= 0.3 is 5.97 Å². The van der Waals surface area contributed by atoms with Gasteiger partial charge in [-0.05, 0) is 56.3 Å². The number of benzene rings is 3. The number of aromatic carboxylic acids is 1.